The van der Waals surface area contributed by atoms with Gasteiger partial charge in [-0.2, -0.15) is 0 Å². The minimum absolute atomic E-state index is 0.268. The number of carbonyl (C=O) groups excluding carboxylic acids is 2. The molecule has 2 amide bonds. The van der Waals surface area contributed by atoms with E-state index in [-0.39, 0.29) is 11.8 Å². The summed E-state index contributed by atoms with van der Waals surface area (Å²) < 4.78 is 16.6. The number of rotatable bonds is 5. The van der Waals surface area contributed by atoms with E-state index in [0.29, 0.717) is 40.6 Å². The third kappa shape index (κ3) is 5.24. The molecule has 7 nitrogen and oxygen atoms in total. The first-order chi connectivity index (χ1) is 15.8. The van der Waals surface area contributed by atoms with Gasteiger partial charge in [-0.05, 0) is 73.5 Å². The summed E-state index contributed by atoms with van der Waals surface area (Å²) in [6, 6.07) is 17.4. The molecule has 9 heteroatoms. The standard InChI is InChI=1S/C24H23ClN4O3S/c1-15-6-7-19(14-22(15)28-23(30)17-4-3-5-18(25)13-17)27-24(31)21-9-8-20(12-16(21)2)29-11-10-26-33(29)32/h3-9,12-14,26H,10-11H2,1-2H3,(H,27,31)(H,28,30). The maximum Gasteiger partial charge on any atom is 0.255 e. The Morgan fingerprint density at radius 1 is 0.970 bits per heavy atom. The van der Waals surface area contributed by atoms with Crippen molar-refractivity contribution in [3.63, 3.8) is 0 Å². The van der Waals surface area contributed by atoms with Crippen molar-refractivity contribution in [2.75, 3.05) is 28.0 Å². The van der Waals surface area contributed by atoms with Crippen LogP contribution in [-0.2, 0) is 11.2 Å². The zero-order valence-electron chi connectivity index (χ0n) is 18.1. The van der Waals surface area contributed by atoms with Crippen LogP contribution >= 0.6 is 11.6 Å². The van der Waals surface area contributed by atoms with Crippen LogP contribution < -0.4 is 19.7 Å². The largest absolute Gasteiger partial charge is 0.322 e. The Labute approximate surface area is 199 Å². The minimum atomic E-state index is -1.25. The quantitative estimate of drug-likeness (QED) is 0.501. The van der Waals surface area contributed by atoms with E-state index in [2.05, 4.69) is 15.4 Å². The highest BCUT2D eigenvalue weighted by Crippen LogP contribution is 2.25. The van der Waals surface area contributed by atoms with Crippen LogP contribution in [0, 0.1) is 13.8 Å². The highest BCUT2D eigenvalue weighted by Gasteiger charge is 2.21. The fourth-order valence-electron chi connectivity index (χ4n) is 3.53. The van der Waals surface area contributed by atoms with Crippen LogP contribution in [0.5, 0.6) is 0 Å². The van der Waals surface area contributed by atoms with Gasteiger partial charge in [-0.3, -0.25) is 13.9 Å². The van der Waals surface area contributed by atoms with E-state index >= 15 is 0 Å². The summed E-state index contributed by atoms with van der Waals surface area (Å²) >= 11 is 4.73. The second-order valence-electron chi connectivity index (χ2n) is 7.69. The Bertz CT molecular complexity index is 1260. The van der Waals surface area contributed by atoms with Crippen molar-refractivity contribution >= 4 is 51.6 Å². The summed E-state index contributed by atoms with van der Waals surface area (Å²) in [5.41, 5.74) is 4.54. The van der Waals surface area contributed by atoms with E-state index in [4.69, 9.17) is 11.6 Å². The Balaban J connectivity index is 1.49. The Kier molecular flexibility index (Phi) is 6.78. The van der Waals surface area contributed by atoms with Gasteiger partial charge in [-0.1, -0.05) is 23.7 Å². The van der Waals surface area contributed by atoms with Crippen molar-refractivity contribution in [3.05, 3.63) is 87.9 Å². The highest BCUT2D eigenvalue weighted by atomic mass is 35.5. The lowest BCUT2D eigenvalue weighted by Crippen LogP contribution is -2.23. The molecule has 1 aliphatic heterocycles. The summed E-state index contributed by atoms with van der Waals surface area (Å²) in [6.45, 7) is 5.01. The first-order valence-corrected chi connectivity index (χ1v) is 11.8. The second kappa shape index (κ2) is 9.74. The van der Waals surface area contributed by atoms with Gasteiger partial charge >= 0.3 is 0 Å². The molecule has 1 heterocycles. The SMILES string of the molecule is Cc1ccc(NC(=O)c2ccc(N3CCNS3=O)cc2C)cc1NC(=O)c1cccc(Cl)c1. The summed E-state index contributed by atoms with van der Waals surface area (Å²) in [4.78, 5) is 25.5. The van der Waals surface area contributed by atoms with Crippen molar-refractivity contribution in [2.24, 2.45) is 0 Å². The first kappa shape index (κ1) is 23.0. The number of anilines is 3. The Morgan fingerprint density at radius 3 is 2.48 bits per heavy atom. The molecule has 1 unspecified atom stereocenters. The summed E-state index contributed by atoms with van der Waals surface area (Å²) in [6.07, 6.45) is 0. The summed E-state index contributed by atoms with van der Waals surface area (Å²) in [5, 5.41) is 6.24. The molecular weight excluding hydrogens is 460 g/mol. The predicted molar refractivity (Wildman–Crippen MR) is 133 cm³/mol. The van der Waals surface area contributed by atoms with E-state index in [0.717, 1.165) is 16.8 Å². The average molecular weight is 483 g/mol. The lowest BCUT2D eigenvalue weighted by Gasteiger charge is -2.17. The molecule has 4 rings (SSSR count). The van der Waals surface area contributed by atoms with Crippen LogP contribution in [0.4, 0.5) is 17.1 Å². The van der Waals surface area contributed by atoms with Gasteiger partial charge in [0.05, 0.1) is 5.69 Å². The van der Waals surface area contributed by atoms with E-state index in [9.17, 15) is 13.8 Å². The number of benzene rings is 3. The van der Waals surface area contributed by atoms with E-state index in [1.807, 2.05) is 26.0 Å². The van der Waals surface area contributed by atoms with Crippen LogP contribution in [0.3, 0.4) is 0 Å². The predicted octanol–water partition coefficient (Wildman–Crippen LogP) is 4.45. The number of hydrogen-bond acceptors (Lipinski definition) is 3. The van der Waals surface area contributed by atoms with Gasteiger partial charge in [0.2, 0.25) is 0 Å². The number of aryl methyl sites for hydroxylation is 2. The topological polar surface area (TPSA) is 90.5 Å². The number of hydrogen-bond donors (Lipinski definition) is 3. The Hall–Kier alpha value is -3.20. The average Bonchev–Trinajstić information content (AvgIpc) is 3.21. The lowest BCUT2D eigenvalue weighted by atomic mass is 10.1. The smallest absolute Gasteiger partial charge is 0.255 e. The number of nitrogens with zero attached hydrogens (tertiary/aromatic N) is 1. The zero-order chi connectivity index (χ0) is 23.5. The molecule has 3 aromatic carbocycles. The Morgan fingerprint density at radius 2 is 1.79 bits per heavy atom. The zero-order valence-corrected chi connectivity index (χ0v) is 19.7. The third-order valence-electron chi connectivity index (χ3n) is 5.31. The van der Waals surface area contributed by atoms with Gasteiger partial charge in [-0.15, -0.1) is 0 Å². The van der Waals surface area contributed by atoms with Gasteiger partial charge < -0.3 is 10.6 Å². The molecule has 170 valence electrons. The number of halogens is 1. The molecule has 0 saturated carbocycles. The number of carbonyl (C=O) groups is 2. The number of amides is 2. The number of nitrogens with one attached hydrogen (secondary N) is 3. The van der Waals surface area contributed by atoms with Crippen molar-refractivity contribution in [2.45, 2.75) is 13.8 Å². The fourth-order valence-corrected chi connectivity index (χ4v) is 4.71. The molecule has 3 N–H and O–H groups in total. The minimum Gasteiger partial charge on any atom is -0.322 e. The first-order valence-electron chi connectivity index (χ1n) is 10.3. The summed E-state index contributed by atoms with van der Waals surface area (Å²) in [7, 11) is 0. The van der Waals surface area contributed by atoms with Gasteiger partial charge in [-0.25, -0.2) is 8.93 Å². The van der Waals surface area contributed by atoms with Crippen LogP contribution in [0.25, 0.3) is 0 Å². The normalized spacial score (nSPS) is 15.4. The van der Waals surface area contributed by atoms with Gasteiger partial charge in [0.1, 0.15) is 0 Å². The van der Waals surface area contributed by atoms with Gasteiger partial charge in [0.15, 0.2) is 11.2 Å². The van der Waals surface area contributed by atoms with Crippen molar-refractivity contribution in [3.8, 4) is 0 Å². The molecule has 0 aliphatic carbocycles. The molecule has 0 aromatic heterocycles. The van der Waals surface area contributed by atoms with E-state index in [1.165, 1.54) is 0 Å². The molecule has 3 aromatic rings. The third-order valence-corrected chi connectivity index (χ3v) is 6.79. The molecule has 1 fully saturated rings. The van der Waals surface area contributed by atoms with Crippen molar-refractivity contribution < 1.29 is 13.8 Å². The van der Waals surface area contributed by atoms with Gasteiger partial charge in [0.25, 0.3) is 11.8 Å². The maximum atomic E-state index is 12.9. The van der Waals surface area contributed by atoms with E-state index in [1.54, 1.807) is 52.8 Å². The summed E-state index contributed by atoms with van der Waals surface area (Å²) in [5.74, 6) is -0.556. The molecule has 1 aliphatic rings. The second-order valence-corrected chi connectivity index (χ2v) is 9.36. The van der Waals surface area contributed by atoms with Crippen LogP contribution in [0.15, 0.2) is 60.7 Å². The van der Waals surface area contributed by atoms with Crippen molar-refractivity contribution in [1.29, 1.82) is 0 Å². The maximum absolute atomic E-state index is 12.9. The molecule has 0 bridgehead atoms. The fraction of sp³-hybridized carbons (Fsp3) is 0.167. The molecule has 1 atom stereocenters. The van der Waals surface area contributed by atoms with Crippen LogP contribution in [0.1, 0.15) is 31.8 Å². The lowest BCUT2D eigenvalue weighted by molar-refractivity contribution is 0.101. The van der Waals surface area contributed by atoms with Crippen LogP contribution in [-0.4, -0.2) is 29.1 Å². The van der Waals surface area contributed by atoms with Gasteiger partial charge in [0, 0.05) is 40.6 Å². The molecule has 0 spiro atoms. The van der Waals surface area contributed by atoms with E-state index < -0.39 is 11.2 Å². The van der Waals surface area contributed by atoms with Crippen molar-refractivity contribution in [1.82, 2.24) is 4.72 Å². The molecular formula is C24H23ClN4O3S. The molecule has 0 radical (unpaired) electrons. The highest BCUT2D eigenvalue weighted by molar-refractivity contribution is 7.84. The van der Waals surface area contributed by atoms with Crippen LogP contribution in [0.2, 0.25) is 5.02 Å². The monoisotopic (exact) mass is 482 g/mol. The molecule has 1 saturated heterocycles. The molecule has 33 heavy (non-hydrogen) atoms.